The van der Waals surface area contributed by atoms with Crippen molar-refractivity contribution >= 4 is 52.8 Å². The first-order valence-electron chi connectivity index (χ1n) is 14.3. The van der Waals surface area contributed by atoms with Gasteiger partial charge in [-0.2, -0.15) is 0 Å². The number of nitrogens with one attached hydrogen (secondary N) is 2. The van der Waals surface area contributed by atoms with Gasteiger partial charge in [0.25, 0.3) is 11.8 Å². The number of carbonyl (C=O) groups excluding carboxylic acids is 5. The highest BCUT2D eigenvalue weighted by molar-refractivity contribution is 5.96. The molecule has 4 saturated heterocycles. The number of nitrogens with zero attached hydrogens (tertiary/aromatic N) is 4. The Morgan fingerprint density at radius 1 is 0.614 bits per heavy atom. The van der Waals surface area contributed by atoms with Crippen LogP contribution in [0.25, 0.3) is 0 Å². The second kappa shape index (κ2) is 12.8. The predicted molar refractivity (Wildman–Crippen MR) is 156 cm³/mol. The van der Waals surface area contributed by atoms with E-state index in [1.54, 1.807) is 58.3 Å². The minimum atomic E-state index is -0.565. The molecule has 15 nitrogen and oxygen atoms in total. The molecule has 6 rings (SSSR count). The van der Waals surface area contributed by atoms with Crippen LogP contribution < -0.4 is 30.2 Å². The lowest BCUT2D eigenvalue weighted by Gasteiger charge is -2.27. The van der Waals surface area contributed by atoms with Crippen LogP contribution in [0.2, 0.25) is 0 Å². The molecule has 0 radical (unpaired) electrons. The van der Waals surface area contributed by atoms with Gasteiger partial charge in [0.05, 0.1) is 39.4 Å². The number of carbonyl (C=O) groups is 5. The van der Waals surface area contributed by atoms with Crippen LogP contribution >= 0.6 is 0 Å². The van der Waals surface area contributed by atoms with Gasteiger partial charge in [0, 0.05) is 35.8 Å². The summed E-state index contributed by atoms with van der Waals surface area (Å²) in [5.41, 5.74) is 2.67. The second-order valence-corrected chi connectivity index (χ2v) is 10.6. The van der Waals surface area contributed by atoms with E-state index in [0.29, 0.717) is 37.7 Å². The Hall–Kier alpha value is -4.89. The van der Waals surface area contributed by atoms with E-state index in [1.807, 2.05) is 0 Å². The number of ether oxygens (including phenoxy) is 4. The van der Waals surface area contributed by atoms with Crippen LogP contribution in [-0.4, -0.2) is 108 Å². The van der Waals surface area contributed by atoms with Crippen LogP contribution in [0.1, 0.15) is 0 Å². The van der Waals surface area contributed by atoms with Crippen LogP contribution in [-0.2, 0) is 28.5 Å². The van der Waals surface area contributed by atoms with Crippen molar-refractivity contribution < 1.29 is 42.9 Å². The molecule has 0 unspecified atom stereocenters. The Balaban J connectivity index is 0.936. The Labute approximate surface area is 252 Å². The monoisotopic (exact) mass is 608 g/mol. The molecule has 0 spiro atoms. The van der Waals surface area contributed by atoms with E-state index in [-0.39, 0.29) is 51.2 Å². The molecule has 0 aliphatic carbocycles. The summed E-state index contributed by atoms with van der Waals surface area (Å²) in [5.74, 6) is -0.238. The number of benzene rings is 2. The summed E-state index contributed by atoms with van der Waals surface area (Å²) in [4.78, 5) is 67.7. The quantitative estimate of drug-likeness (QED) is 0.447. The molecule has 0 bridgehead atoms. The van der Waals surface area contributed by atoms with E-state index in [0.717, 1.165) is 11.4 Å². The van der Waals surface area contributed by atoms with Crippen LogP contribution in [0, 0.1) is 0 Å². The van der Waals surface area contributed by atoms with Crippen molar-refractivity contribution in [1.29, 1.82) is 0 Å². The number of rotatable bonds is 8. The largest absolute Gasteiger partial charge is 0.442 e. The first-order chi connectivity index (χ1) is 21.4. The number of urea groups is 1. The molecule has 2 N–H and O–H groups in total. The Morgan fingerprint density at radius 2 is 0.977 bits per heavy atom. The highest BCUT2D eigenvalue weighted by Crippen LogP contribution is 2.27. The zero-order valence-electron chi connectivity index (χ0n) is 23.8. The fraction of sp³-hybridized carbons (Fsp3) is 0.414. The minimum absolute atomic E-state index is 0.0436. The summed E-state index contributed by atoms with van der Waals surface area (Å²) in [6, 6.07) is 13.6. The molecule has 4 heterocycles. The summed E-state index contributed by atoms with van der Waals surface area (Å²) < 4.78 is 21.1. The summed E-state index contributed by atoms with van der Waals surface area (Å²) in [6.07, 6.45) is -2.20. The maximum Gasteiger partial charge on any atom is 0.414 e. The molecule has 0 aromatic heterocycles. The van der Waals surface area contributed by atoms with E-state index in [4.69, 9.17) is 18.9 Å². The summed E-state index contributed by atoms with van der Waals surface area (Å²) in [6.45, 7) is 2.60. The molecular formula is C29H32N6O9. The average Bonchev–Trinajstić information content (AvgIpc) is 3.61. The highest BCUT2D eigenvalue weighted by Gasteiger charge is 2.34. The van der Waals surface area contributed by atoms with Crippen molar-refractivity contribution in [3.05, 3.63) is 48.5 Å². The molecule has 2 atom stereocenters. The third-order valence-corrected chi connectivity index (χ3v) is 7.65. The Bertz CT molecular complexity index is 1310. The second-order valence-electron chi connectivity index (χ2n) is 10.6. The number of morpholine rings is 2. The number of hydrogen-bond acceptors (Lipinski definition) is 9. The van der Waals surface area contributed by atoms with Crippen molar-refractivity contribution in [2.45, 2.75) is 12.2 Å². The van der Waals surface area contributed by atoms with Crippen molar-refractivity contribution in [3.8, 4) is 0 Å². The minimum Gasteiger partial charge on any atom is -0.442 e. The van der Waals surface area contributed by atoms with Crippen LogP contribution in [0.3, 0.4) is 0 Å². The Morgan fingerprint density at radius 3 is 1.34 bits per heavy atom. The van der Waals surface area contributed by atoms with Gasteiger partial charge in [0.1, 0.15) is 25.4 Å². The average molecular weight is 609 g/mol. The van der Waals surface area contributed by atoms with Crippen LogP contribution in [0.5, 0.6) is 0 Å². The summed E-state index contributed by atoms with van der Waals surface area (Å²) in [5, 5.41) is 5.38. The smallest absolute Gasteiger partial charge is 0.414 e. The molecule has 15 heteroatoms. The van der Waals surface area contributed by atoms with Gasteiger partial charge >= 0.3 is 18.2 Å². The highest BCUT2D eigenvalue weighted by atomic mass is 16.6. The maximum atomic E-state index is 12.5. The lowest BCUT2D eigenvalue weighted by molar-refractivity contribution is -0.126. The zero-order valence-corrected chi connectivity index (χ0v) is 23.8. The fourth-order valence-electron chi connectivity index (χ4n) is 5.36. The SMILES string of the molecule is O=C(NC[C@@H]1CN(c2ccc(N3CCOCC3=O)cc2)C(=O)O1)NC[C@H]1CN(c2ccc(N3CCOCC3=O)cc2)C(=O)O1. The van der Waals surface area contributed by atoms with Crippen molar-refractivity contribution in [1.82, 2.24) is 10.6 Å². The molecular weight excluding hydrogens is 576 g/mol. The van der Waals surface area contributed by atoms with Crippen molar-refractivity contribution in [3.63, 3.8) is 0 Å². The van der Waals surface area contributed by atoms with Gasteiger partial charge in [-0.25, -0.2) is 14.4 Å². The number of hydrogen-bond donors (Lipinski definition) is 2. The molecule has 4 aliphatic heterocycles. The van der Waals surface area contributed by atoms with Gasteiger partial charge in [-0.1, -0.05) is 0 Å². The van der Waals surface area contributed by atoms with Gasteiger partial charge in [0.2, 0.25) is 0 Å². The van der Waals surface area contributed by atoms with Crippen LogP contribution in [0.4, 0.5) is 37.1 Å². The number of cyclic esters (lactones) is 2. The summed E-state index contributed by atoms with van der Waals surface area (Å²) in [7, 11) is 0. The molecule has 4 fully saturated rings. The third kappa shape index (κ3) is 6.38. The zero-order chi connectivity index (χ0) is 30.6. The molecule has 44 heavy (non-hydrogen) atoms. The Kier molecular flexibility index (Phi) is 8.47. The lowest BCUT2D eigenvalue weighted by Crippen LogP contribution is -2.44. The van der Waals surface area contributed by atoms with Gasteiger partial charge in [-0.05, 0) is 48.5 Å². The molecule has 2 aromatic rings. The van der Waals surface area contributed by atoms with E-state index in [2.05, 4.69) is 10.6 Å². The third-order valence-electron chi connectivity index (χ3n) is 7.65. The first-order valence-corrected chi connectivity index (χ1v) is 14.3. The normalized spacial score (nSPS) is 22.3. The van der Waals surface area contributed by atoms with Gasteiger partial charge in [0.15, 0.2) is 0 Å². The molecule has 2 aromatic carbocycles. The molecule has 4 aliphatic rings. The predicted octanol–water partition coefficient (Wildman–Crippen LogP) is 1.06. The van der Waals surface area contributed by atoms with E-state index >= 15 is 0 Å². The van der Waals surface area contributed by atoms with Crippen molar-refractivity contribution in [2.75, 3.05) is 85.3 Å². The summed E-state index contributed by atoms with van der Waals surface area (Å²) >= 11 is 0. The van der Waals surface area contributed by atoms with E-state index in [9.17, 15) is 24.0 Å². The maximum absolute atomic E-state index is 12.5. The topological polar surface area (TPSA) is 159 Å². The van der Waals surface area contributed by atoms with Crippen LogP contribution in [0.15, 0.2) is 48.5 Å². The lowest BCUT2D eigenvalue weighted by atomic mass is 10.2. The number of amides is 6. The van der Waals surface area contributed by atoms with Gasteiger partial charge in [-0.15, -0.1) is 0 Å². The number of anilines is 4. The van der Waals surface area contributed by atoms with Gasteiger partial charge < -0.3 is 39.4 Å². The van der Waals surface area contributed by atoms with E-state index in [1.165, 1.54) is 9.80 Å². The van der Waals surface area contributed by atoms with Crippen molar-refractivity contribution in [2.24, 2.45) is 0 Å². The van der Waals surface area contributed by atoms with E-state index < -0.39 is 30.4 Å². The molecule has 6 amide bonds. The first kappa shape index (κ1) is 29.2. The molecule has 0 saturated carbocycles. The fourth-order valence-corrected chi connectivity index (χ4v) is 5.36. The van der Waals surface area contributed by atoms with Gasteiger partial charge in [-0.3, -0.25) is 19.4 Å². The standard InChI is InChI=1S/C29H32N6O9/c36-25-17-41-11-9-32(25)19-1-5-21(6-2-19)34-15-23(43-28(34)39)13-30-27(38)31-14-24-16-35(29(40)44-24)22-7-3-20(4-8-22)33-10-12-42-18-26(33)37/h1-8,23-24H,9-18H2,(H2,30,31,38)/t23-,24+. The molecule has 232 valence electrons.